The maximum absolute atomic E-state index is 13.5. The largest absolute Gasteiger partial charge is 0.427 e. The van der Waals surface area contributed by atoms with E-state index in [0.717, 1.165) is 51.4 Å². The second kappa shape index (κ2) is 25.4. The number of benzene rings is 3. The first-order chi connectivity index (χ1) is 27.8. The molecule has 0 aliphatic heterocycles. The highest BCUT2D eigenvalue weighted by Gasteiger charge is 2.16. The van der Waals surface area contributed by atoms with Crippen LogP contribution in [-0.2, 0) is 29.2 Å². The van der Waals surface area contributed by atoms with Crippen molar-refractivity contribution in [3.05, 3.63) is 122 Å². The molecule has 4 aromatic rings. The lowest BCUT2D eigenvalue weighted by molar-refractivity contribution is -0.135. The van der Waals surface area contributed by atoms with Gasteiger partial charge >= 0.3 is 35.1 Å². The Labute approximate surface area is 333 Å². The Hall–Kier alpha value is -5.72. The smallest absolute Gasteiger partial charge is 0.412 e. The second-order valence-electron chi connectivity index (χ2n) is 14.0. The monoisotopic (exact) mass is 784 g/mol. The van der Waals surface area contributed by atoms with Crippen LogP contribution in [0.3, 0.4) is 0 Å². The minimum Gasteiger partial charge on any atom is -0.427 e. The summed E-state index contributed by atoms with van der Waals surface area (Å²) in [6, 6.07) is 26.7. The van der Waals surface area contributed by atoms with Crippen molar-refractivity contribution in [1.82, 2.24) is 19.0 Å². The maximum Gasteiger partial charge on any atom is 0.412 e. The standard InChI is InChI=1S/C44H56N4O9/c49-39(55-36-24-12-9-13-25-36)30-18-3-1-6-21-33-46-42(52)47(34-22-7-2-4-19-31-40(50)56-37-26-14-10-15-27-37)44(54)48(43(46)53)35-23-8-5-20-32-45-41(51)57-38-28-16-11-17-29-38/h9-17,24-29H,1-8,18-23,30-35H2,(H,45,51). The molecule has 0 spiro atoms. The van der Waals surface area contributed by atoms with E-state index in [1.807, 2.05) is 42.5 Å². The minimum atomic E-state index is -0.599. The first-order valence-electron chi connectivity index (χ1n) is 20.3. The van der Waals surface area contributed by atoms with Crippen molar-refractivity contribution >= 4 is 18.0 Å². The number of nitrogens with one attached hydrogen (secondary N) is 1. The van der Waals surface area contributed by atoms with E-state index >= 15 is 0 Å². The number of para-hydroxylation sites is 3. The summed E-state index contributed by atoms with van der Waals surface area (Å²) in [6.45, 7) is 0.994. The lowest BCUT2D eigenvalue weighted by atomic mass is 10.1. The first-order valence-corrected chi connectivity index (χ1v) is 20.3. The van der Waals surface area contributed by atoms with Crippen LogP contribution in [0.2, 0.25) is 0 Å². The average molecular weight is 785 g/mol. The molecule has 4 rings (SSSR count). The van der Waals surface area contributed by atoms with Crippen molar-refractivity contribution in [3.8, 4) is 17.2 Å². The molecule has 306 valence electrons. The number of carbonyl (C=O) groups is 3. The molecule has 0 aliphatic carbocycles. The van der Waals surface area contributed by atoms with Gasteiger partial charge in [-0.05, 0) is 74.9 Å². The Morgan fingerprint density at radius 3 is 1.11 bits per heavy atom. The van der Waals surface area contributed by atoms with Gasteiger partial charge < -0.3 is 19.5 Å². The minimum absolute atomic E-state index is 0.180. The fourth-order valence-corrected chi connectivity index (χ4v) is 6.31. The normalized spacial score (nSPS) is 10.9. The van der Waals surface area contributed by atoms with Gasteiger partial charge in [0.2, 0.25) is 0 Å². The van der Waals surface area contributed by atoms with E-state index in [0.29, 0.717) is 75.2 Å². The summed E-state index contributed by atoms with van der Waals surface area (Å²) < 4.78 is 19.4. The molecule has 1 amide bonds. The zero-order chi connectivity index (χ0) is 40.5. The summed E-state index contributed by atoms with van der Waals surface area (Å²) in [5.41, 5.74) is -1.79. The third kappa shape index (κ3) is 16.5. The summed E-state index contributed by atoms with van der Waals surface area (Å²) in [5, 5.41) is 2.73. The number of ether oxygens (including phenoxy) is 3. The molecule has 13 heteroatoms. The van der Waals surface area contributed by atoms with Gasteiger partial charge in [-0.3, -0.25) is 9.59 Å². The number of hydrogen-bond donors (Lipinski definition) is 1. The van der Waals surface area contributed by atoms with Gasteiger partial charge in [0.1, 0.15) is 17.2 Å². The summed E-state index contributed by atoms with van der Waals surface area (Å²) in [7, 11) is 0. The quantitative estimate of drug-likeness (QED) is 0.0389. The van der Waals surface area contributed by atoms with Gasteiger partial charge in [0.25, 0.3) is 0 Å². The number of aromatic nitrogens is 3. The lowest BCUT2D eigenvalue weighted by Gasteiger charge is -2.14. The van der Waals surface area contributed by atoms with Gasteiger partial charge in [-0.1, -0.05) is 106 Å². The van der Waals surface area contributed by atoms with Crippen LogP contribution in [0.25, 0.3) is 0 Å². The average Bonchev–Trinajstić information content (AvgIpc) is 3.21. The SMILES string of the molecule is O=C(CCCCCCCn1c(=O)n(CCCCCCCC(=O)Oc2ccccc2)c(=O)n(CCCCCCNC(=O)Oc2ccccc2)c1=O)Oc1ccccc1. The molecular weight excluding hydrogens is 729 g/mol. The summed E-state index contributed by atoms with van der Waals surface area (Å²) in [6.07, 6.45) is 10.1. The van der Waals surface area contributed by atoms with Gasteiger partial charge in [-0.15, -0.1) is 0 Å². The first kappa shape index (κ1) is 44.0. The molecule has 0 saturated carbocycles. The topological polar surface area (TPSA) is 157 Å². The number of nitrogens with zero attached hydrogens (tertiary/aromatic N) is 3. The van der Waals surface area contributed by atoms with Crippen LogP contribution in [0.5, 0.6) is 17.2 Å². The number of rotatable bonds is 26. The molecule has 1 aromatic heterocycles. The van der Waals surface area contributed by atoms with Gasteiger partial charge in [-0.25, -0.2) is 32.9 Å². The number of amides is 1. The van der Waals surface area contributed by atoms with Gasteiger partial charge in [0.15, 0.2) is 0 Å². The van der Waals surface area contributed by atoms with Crippen LogP contribution >= 0.6 is 0 Å². The molecule has 0 bridgehead atoms. The van der Waals surface area contributed by atoms with E-state index in [1.165, 1.54) is 13.7 Å². The van der Waals surface area contributed by atoms with Crippen molar-refractivity contribution in [1.29, 1.82) is 0 Å². The van der Waals surface area contributed by atoms with Crippen LogP contribution in [0.1, 0.15) is 103 Å². The number of unbranched alkanes of at least 4 members (excludes halogenated alkanes) is 11. The Balaban J connectivity index is 1.23. The summed E-state index contributed by atoms with van der Waals surface area (Å²) in [4.78, 5) is 76.9. The number of hydrogen-bond acceptors (Lipinski definition) is 9. The van der Waals surface area contributed by atoms with Crippen LogP contribution in [-0.4, -0.2) is 38.3 Å². The highest BCUT2D eigenvalue weighted by molar-refractivity contribution is 5.72. The Bertz CT molecular complexity index is 1720. The molecule has 3 aromatic carbocycles. The van der Waals surface area contributed by atoms with E-state index < -0.39 is 23.2 Å². The Morgan fingerprint density at radius 1 is 0.404 bits per heavy atom. The molecule has 0 unspecified atom stereocenters. The number of esters is 2. The molecule has 0 fully saturated rings. The van der Waals surface area contributed by atoms with Crippen molar-refractivity contribution in [2.45, 2.75) is 122 Å². The zero-order valence-electron chi connectivity index (χ0n) is 32.8. The van der Waals surface area contributed by atoms with Crippen LogP contribution in [0, 0.1) is 0 Å². The summed E-state index contributed by atoms with van der Waals surface area (Å²) >= 11 is 0. The molecule has 13 nitrogen and oxygen atoms in total. The molecular formula is C44H56N4O9. The predicted molar refractivity (Wildman–Crippen MR) is 218 cm³/mol. The van der Waals surface area contributed by atoms with Gasteiger partial charge in [-0.2, -0.15) is 0 Å². The van der Waals surface area contributed by atoms with Crippen molar-refractivity contribution in [2.24, 2.45) is 0 Å². The Morgan fingerprint density at radius 2 is 0.719 bits per heavy atom. The molecule has 1 heterocycles. The second-order valence-corrected chi connectivity index (χ2v) is 14.0. The van der Waals surface area contributed by atoms with E-state index in [9.17, 15) is 28.8 Å². The maximum atomic E-state index is 13.5. The van der Waals surface area contributed by atoms with Gasteiger partial charge in [0, 0.05) is 39.0 Å². The van der Waals surface area contributed by atoms with Crippen molar-refractivity contribution in [3.63, 3.8) is 0 Å². The summed E-state index contributed by atoms with van der Waals surface area (Å²) in [5.74, 6) is 0.950. The third-order valence-electron chi connectivity index (χ3n) is 9.39. The molecule has 1 N–H and O–H groups in total. The van der Waals surface area contributed by atoms with E-state index in [1.54, 1.807) is 48.5 Å². The van der Waals surface area contributed by atoms with E-state index in [4.69, 9.17) is 14.2 Å². The van der Waals surface area contributed by atoms with E-state index in [2.05, 4.69) is 5.32 Å². The number of carbonyl (C=O) groups excluding carboxylic acids is 3. The molecule has 0 radical (unpaired) electrons. The van der Waals surface area contributed by atoms with Crippen LogP contribution in [0.15, 0.2) is 105 Å². The predicted octanol–water partition coefficient (Wildman–Crippen LogP) is 7.41. The molecule has 57 heavy (non-hydrogen) atoms. The highest BCUT2D eigenvalue weighted by Crippen LogP contribution is 2.14. The highest BCUT2D eigenvalue weighted by atomic mass is 16.6. The van der Waals surface area contributed by atoms with E-state index in [-0.39, 0.29) is 31.6 Å². The zero-order valence-corrected chi connectivity index (χ0v) is 32.8. The Kier molecular flexibility index (Phi) is 19.6. The van der Waals surface area contributed by atoms with Crippen molar-refractivity contribution in [2.75, 3.05) is 6.54 Å². The fraction of sp³-hybridized carbons (Fsp3) is 0.455. The van der Waals surface area contributed by atoms with Crippen LogP contribution < -0.4 is 36.6 Å². The molecule has 0 saturated heterocycles. The van der Waals surface area contributed by atoms with Gasteiger partial charge in [0.05, 0.1) is 0 Å². The lowest BCUT2D eigenvalue weighted by Crippen LogP contribution is -2.54. The third-order valence-corrected chi connectivity index (χ3v) is 9.39. The fourth-order valence-electron chi connectivity index (χ4n) is 6.31. The van der Waals surface area contributed by atoms with Crippen LogP contribution in [0.4, 0.5) is 4.79 Å². The molecule has 0 aliphatic rings. The van der Waals surface area contributed by atoms with Crippen molar-refractivity contribution < 1.29 is 28.6 Å². The molecule has 0 atom stereocenters.